The van der Waals surface area contributed by atoms with Crippen LogP contribution in [0.2, 0.25) is 0 Å². The number of fused-ring (bicyclic) bond motifs is 1. The molecule has 5 heteroatoms. The maximum Gasteiger partial charge on any atom is 0.347 e. The number of aliphatic carboxylic acids is 1. The molecule has 0 spiro atoms. The van der Waals surface area contributed by atoms with E-state index in [4.69, 9.17) is 4.74 Å². The molecule has 0 bridgehead atoms. The molecule has 3 aromatic rings. The fraction of sp³-hybridized carbons (Fsp3) is 0.200. The van der Waals surface area contributed by atoms with Gasteiger partial charge in [0.05, 0.1) is 0 Å². The summed E-state index contributed by atoms with van der Waals surface area (Å²) in [4.78, 5) is 15.5. The number of carbonyl (C=O) groups is 1. The third-order valence-corrected chi connectivity index (χ3v) is 4.77. The van der Waals surface area contributed by atoms with E-state index in [0.29, 0.717) is 12.2 Å². The first kappa shape index (κ1) is 17.4. The van der Waals surface area contributed by atoms with Gasteiger partial charge in [-0.1, -0.05) is 46.3 Å². The van der Waals surface area contributed by atoms with Crippen LogP contribution in [0.3, 0.4) is 0 Å². The molecule has 1 heterocycles. The lowest BCUT2D eigenvalue weighted by Crippen LogP contribution is -2.38. The van der Waals surface area contributed by atoms with Crippen molar-refractivity contribution >= 4 is 32.7 Å². The Labute approximate surface area is 154 Å². The normalized spacial score (nSPS) is 11.5. The van der Waals surface area contributed by atoms with E-state index in [1.165, 1.54) is 13.8 Å². The van der Waals surface area contributed by atoms with Gasteiger partial charge in [0, 0.05) is 28.9 Å². The van der Waals surface area contributed by atoms with Gasteiger partial charge in [-0.3, -0.25) is 4.98 Å². The standard InChI is InChI=1S/C20H18BrNO3/c1-20(2,19(23)24)25-18-9-10-22-12-14(18)11-13-7-8-17(21)16-6-4-3-5-15(13)16/h3-10,12H,11H2,1-2H3,(H,23,24). The van der Waals surface area contributed by atoms with E-state index in [2.05, 4.69) is 39.1 Å². The van der Waals surface area contributed by atoms with Crippen LogP contribution in [0.5, 0.6) is 5.75 Å². The zero-order valence-electron chi connectivity index (χ0n) is 14.0. The number of pyridine rings is 1. The molecule has 0 radical (unpaired) electrons. The SMILES string of the molecule is CC(C)(Oc1ccncc1Cc1ccc(Br)c2ccccc12)C(=O)O. The third-order valence-electron chi connectivity index (χ3n) is 4.08. The molecule has 1 aromatic heterocycles. The summed E-state index contributed by atoms with van der Waals surface area (Å²) in [7, 11) is 0. The Morgan fingerprint density at radius 3 is 2.56 bits per heavy atom. The van der Waals surface area contributed by atoms with Gasteiger partial charge >= 0.3 is 5.97 Å². The molecule has 0 aliphatic rings. The summed E-state index contributed by atoms with van der Waals surface area (Å²) in [6.45, 7) is 3.07. The van der Waals surface area contributed by atoms with Crippen LogP contribution >= 0.6 is 15.9 Å². The van der Waals surface area contributed by atoms with E-state index in [1.807, 2.05) is 18.2 Å². The topological polar surface area (TPSA) is 59.4 Å². The lowest BCUT2D eigenvalue weighted by Gasteiger charge is -2.23. The van der Waals surface area contributed by atoms with E-state index in [9.17, 15) is 9.90 Å². The number of carboxylic acids is 1. The number of carboxylic acid groups (broad SMARTS) is 1. The molecule has 0 unspecified atom stereocenters. The van der Waals surface area contributed by atoms with E-state index in [0.717, 1.165) is 26.4 Å². The molecule has 0 atom stereocenters. The molecule has 128 valence electrons. The average Bonchev–Trinajstić information content (AvgIpc) is 2.59. The Kier molecular flexibility index (Phi) is 4.77. The fourth-order valence-electron chi connectivity index (χ4n) is 2.65. The number of rotatable bonds is 5. The summed E-state index contributed by atoms with van der Waals surface area (Å²) in [5, 5.41) is 11.6. The first-order valence-corrected chi connectivity index (χ1v) is 8.69. The molecule has 0 amide bonds. The predicted molar refractivity (Wildman–Crippen MR) is 101 cm³/mol. The van der Waals surface area contributed by atoms with Crippen molar-refractivity contribution in [1.29, 1.82) is 0 Å². The van der Waals surface area contributed by atoms with Crippen LogP contribution in [-0.2, 0) is 11.2 Å². The Bertz CT molecular complexity index is 937. The number of benzene rings is 2. The zero-order valence-corrected chi connectivity index (χ0v) is 15.6. The van der Waals surface area contributed by atoms with Crippen LogP contribution in [0.25, 0.3) is 10.8 Å². The van der Waals surface area contributed by atoms with Crippen LogP contribution in [0.15, 0.2) is 59.3 Å². The van der Waals surface area contributed by atoms with Crippen LogP contribution < -0.4 is 4.74 Å². The highest BCUT2D eigenvalue weighted by atomic mass is 79.9. The van der Waals surface area contributed by atoms with E-state index in [-0.39, 0.29) is 0 Å². The average molecular weight is 400 g/mol. The minimum Gasteiger partial charge on any atom is -0.478 e. The summed E-state index contributed by atoms with van der Waals surface area (Å²) in [6.07, 6.45) is 3.94. The Balaban J connectivity index is 2.00. The second-order valence-corrected chi connectivity index (χ2v) is 7.18. The summed E-state index contributed by atoms with van der Waals surface area (Å²) in [5.41, 5.74) is 0.673. The molecular formula is C20H18BrNO3. The maximum atomic E-state index is 11.4. The molecular weight excluding hydrogens is 382 g/mol. The van der Waals surface area contributed by atoms with Crippen LogP contribution in [0, 0.1) is 0 Å². The van der Waals surface area contributed by atoms with Crippen molar-refractivity contribution in [3.63, 3.8) is 0 Å². The van der Waals surface area contributed by atoms with Crippen molar-refractivity contribution in [2.24, 2.45) is 0 Å². The summed E-state index contributed by atoms with van der Waals surface area (Å²) in [5.74, 6) is -0.473. The molecule has 2 aromatic carbocycles. The first-order valence-electron chi connectivity index (χ1n) is 7.90. The molecule has 0 fully saturated rings. The highest BCUT2D eigenvalue weighted by Crippen LogP contribution is 2.31. The lowest BCUT2D eigenvalue weighted by molar-refractivity contribution is -0.152. The van der Waals surface area contributed by atoms with Crippen molar-refractivity contribution in [3.8, 4) is 5.75 Å². The van der Waals surface area contributed by atoms with Gasteiger partial charge in [-0.2, -0.15) is 0 Å². The summed E-state index contributed by atoms with van der Waals surface area (Å²) >= 11 is 3.58. The molecule has 25 heavy (non-hydrogen) atoms. The number of hydrogen-bond donors (Lipinski definition) is 1. The van der Waals surface area contributed by atoms with Crippen molar-refractivity contribution in [1.82, 2.24) is 4.98 Å². The van der Waals surface area contributed by atoms with Crippen molar-refractivity contribution in [2.45, 2.75) is 25.9 Å². The van der Waals surface area contributed by atoms with Gasteiger partial charge in [0.2, 0.25) is 0 Å². The zero-order chi connectivity index (χ0) is 18.0. The number of ether oxygens (including phenoxy) is 1. The van der Waals surface area contributed by atoms with E-state index < -0.39 is 11.6 Å². The molecule has 0 saturated heterocycles. The highest BCUT2D eigenvalue weighted by Gasteiger charge is 2.30. The van der Waals surface area contributed by atoms with Crippen molar-refractivity contribution in [3.05, 3.63) is 70.5 Å². The number of nitrogens with zero attached hydrogens (tertiary/aromatic N) is 1. The molecule has 0 aliphatic carbocycles. The van der Waals surface area contributed by atoms with Gasteiger partial charge in [-0.25, -0.2) is 4.79 Å². The Hall–Kier alpha value is -2.40. The molecule has 0 aliphatic heterocycles. The molecule has 1 N–H and O–H groups in total. The van der Waals surface area contributed by atoms with Gasteiger partial charge < -0.3 is 9.84 Å². The smallest absolute Gasteiger partial charge is 0.347 e. The Morgan fingerprint density at radius 2 is 1.84 bits per heavy atom. The van der Waals surface area contributed by atoms with Gasteiger partial charge in [0.15, 0.2) is 5.60 Å². The Morgan fingerprint density at radius 1 is 1.12 bits per heavy atom. The molecule has 0 saturated carbocycles. The van der Waals surface area contributed by atoms with Gasteiger partial charge in [-0.05, 0) is 42.3 Å². The largest absolute Gasteiger partial charge is 0.478 e. The van der Waals surface area contributed by atoms with Crippen molar-refractivity contribution in [2.75, 3.05) is 0 Å². The van der Waals surface area contributed by atoms with Gasteiger partial charge in [-0.15, -0.1) is 0 Å². The minimum atomic E-state index is -1.31. The van der Waals surface area contributed by atoms with Crippen LogP contribution in [-0.4, -0.2) is 21.7 Å². The first-order chi connectivity index (χ1) is 11.9. The van der Waals surface area contributed by atoms with Crippen LogP contribution in [0.4, 0.5) is 0 Å². The van der Waals surface area contributed by atoms with E-state index in [1.54, 1.807) is 18.5 Å². The van der Waals surface area contributed by atoms with E-state index >= 15 is 0 Å². The van der Waals surface area contributed by atoms with Gasteiger partial charge in [0.1, 0.15) is 5.75 Å². The quantitative estimate of drug-likeness (QED) is 0.667. The number of halogens is 1. The second-order valence-electron chi connectivity index (χ2n) is 6.33. The fourth-order valence-corrected chi connectivity index (χ4v) is 3.13. The highest BCUT2D eigenvalue weighted by molar-refractivity contribution is 9.10. The molecule has 3 rings (SSSR count). The predicted octanol–water partition coefficient (Wildman–Crippen LogP) is 4.83. The second kappa shape index (κ2) is 6.84. The molecule has 4 nitrogen and oxygen atoms in total. The summed E-state index contributed by atoms with van der Waals surface area (Å²) in [6, 6.07) is 13.9. The summed E-state index contributed by atoms with van der Waals surface area (Å²) < 4.78 is 6.80. The maximum absolute atomic E-state index is 11.4. The lowest BCUT2D eigenvalue weighted by atomic mass is 9.98. The van der Waals surface area contributed by atoms with Gasteiger partial charge in [0.25, 0.3) is 0 Å². The minimum absolute atomic E-state index is 0.536. The van der Waals surface area contributed by atoms with Crippen LogP contribution in [0.1, 0.15) is 25.0 Å². The monoisotopic (exact) mass is 399 g/mol. The number of aromatic nitrogens is 1. The van der Waals surface area contributed by atoms with Crippen molar-refractivity contribution < 1.29 is 14.6 Å². The third kappa shape index (κ3) is 3.66. The number of hydrogen-bond acceptors (Lipinski definition) is 3.